The molecule has 2 heterocycles. The molecular formula is C25H20FN3O6S. The minimum Gasteiger partial charge on any atom is -0.465 e. The summed E-state index contributed by atoms with van der Waals surface area (Å²) in [6.07, 6.45) is 1.36. The molecule has 0 unspecified atom stereocenters. The number of ether oxygens (including phenoxy) is 2. The first kappa shape index (κ1) is 24.7. The number of carbonyl (C=O) groups excluding carboxylic acids is 3. The lowest BCUT2D eigenvalue weighted by atomic mass is 10.1. The summed E-state index contributed by atoms with van der Waals surface area (Å²) in [4.78, 5) is 55.2. The Labute approximate surface area is 208 Å². The summed E-state index contributed by atoms with van der Waals surface area (Å²) in [6.45, 7) is 1.75. The highest BCUT2D eigenvalue weighted by Gasteiger charge is 2.21. The molecule has 0 aliphatic heterocycles. The first-order valence-electron chi connectivity index (χ1n) is 10.6. The van der Waals surface area contributed by atoms with E-state index in [1.807, 2.05) is 0 Å². The number of carbonyl (C=O) groups is 3. The lowest BCUT2D eigenvalue weighted by Gasteiger charge is -2.09. The van der Waals surface area contributed by atoms with Crippen LogP contribution in [0.15, 0.2) is 53.6 Å². The molecule has 0 spiro atoms. The molecule has 0 saturated carbocycles. The van der Waals surface area contributed by atoms with E-state index in [0.717, 1.165) is 11.3 Å². The number of esters is 2. The Balaban J connectivity index is 1.68. The van der Waals surface area contributed by atoms with Gasteiger partial charge in [0.25, 0.3) is 11.5 Å². The van der Waals surface area contributed by atoms with Gasteiger partial charge in [0.15, 0.2) is 0 Å². The van der Waals surface area contributed by atoms with Crippen molar-refractivity contribution in [2.75, 3.05) is 19.5 Å². The first-order chi connectivity index (χ1) is 17.2. The van der Waals surface area contributed by atoms with Gasteiger partial charge in [0.2, 0.25) is 0 Å². The quantitative estimate of drug-likeness (QED) is 0.393. The van der Waals surface area contributed by atoms with Gasteiger partial charge in [0, 0.05) is 5.69 Å². The lowest BCUT2D eigenvalue weighted by molar-refractivity contribution is 0.0599. The fourth-order valence-corrected chi connectivity index (χ4v) is 4.71. The van der Waals surface area contributed by atoms with Crippen molar-refractivity contribution in [2.24, 2.45) is 0 Å². The molecule has 0 bridgehead atoms. The molecule has 0 saturated heterocycles. The molecule has 0 aliphatic rings. The van der Waals surface area contributed by atoms with Gasteiger partial charge in [-0.1, -0.05) is 12.1 Å². The van der Waals surface area contributed by atoms with E-state index in [4.69, 9.17) is 9.47 Å². The maximum atomic E-state index is 13.5. The Bertz CT molecular complexity index is 1540. The number of nitrogens with zero attached hydrogens (tertiary/aromatic N) is 2. The predicted octanol–water partition coefficient (Wildman–Crippen LogP) is 3.78. The largest absolute Gasteiger partial charge is 0.465 e. The molecule has 0 fully saturated rings. The Morgan fingerprint density at radius 3 is 2.33 bits per heavy atom. The number of anilines is 1. The fraction of sp³-hybridized carbons (Fsp3) is 0.160. The number of hydrogen-bond donors (Lipinski definition) is 1. The standard InChI is InChI=1S/C25H20FN3O6S/c1-13-19-22(27-12-29(23(19)31)11-14-5-4-6-17(26)7-14)36-20(13)21(30)28-18-9-15(24(32)34-2)8-16(10-18)25(33)35-3/h4-10,12H,11H2,1-3H3,(H,28,30). The summed E-state index contributed by atoms with van der Waals surface area (Å²) < 4.78 is 24.3. The molecular weight excluding hydrogens is 489 g/mol. The van der Waals surface area contributed by atoms with E-state index in [1.54, 1.807) is 19.1 Å². The molecule has 1 amide bonds. The number of thiophene rings is 1. The van der Waals surface area contributed by atoms with Gasteiger partial charge in [-0.05, 0) is 48.4 Å². The van der Waals surface area contributed by atoms with E-state index >= 15 is 0 Å². The van der Waals surface area contributed by atoms with Crippen LogP contribution in [0.3, 0.4) is 0 Å². The highest BCUT2D eigenvalue weighted by molar-refractivity contribution is 7.20. The van der Waals surface area contributed by atoms with Gasteiger partial charge in [-0.2, -0.15) is 0 Å². The summed E-state index contributed by atoms with van der Waals surface area (Å²) >= 11 is 1.03. The van der Waals surface area contributed by atoms with Crippen molar-refractivity contribution in [3.05, 3.63) is 92.1 Å². The molecule has 9 nitrogen and oxygen atoms in total. The number of nitrogens with one attached hydrogen (secondary N) is 1. The molecule has 4 rings (SSSR count). The fourth-order valence-electron chi connectivity index (χ4n) is 3.68. The molecule has 0 aliphatic carbocycles. The van der Waals surface area contributed by atoms with Crippen LogP contribution >= 0.6 is 11.3 Å². The van der Waals surface area contributed by atoms with Crippen LogP contribution in [0, 0.1) is 12.7 Å². The second kappa shape index (κ2) is 10.1. The zero-order valence-corrected chi connectivity index (χ0v) is 20.3. The first-order valence-corrected chi connectivity index (χ1v) is 11.4. The topological polar surface area (TPSA) is 117 Å². The van der Waals surface area contributed by atoms with Crippen LogP contribution < -0.4 is 10.9 Å². The van der Waals surface area contributed by atoms with E-state index in [0.29, 0.717) is 16.0 Å². The highest BCUT2D eigenvalue weighted by Crippen LogP contribution is 2.28. The summed E-state index contributed by atoms with van der Waals surface area (Å²) in [5.41, 5.74) is 0.914. The van der Waals surface area contributed by atoms with Crippen LogP contribution in [-0.2, 0) is 16.0 Å². The Morgan fingerprint density at radius 2 is 1.72 bits per heavy atom. The molecule has 2 aromatic heterocycles. The smallest absolute Gasteiger partial charge is 0.337 e. The number of amides is 1. The van der Waals surface area contributed by atoms with Crippen LogP contribution in [0.1, 0.15) is 41.5 Å². The Kier molecular flexibility index (Phi) is 6.93. The average molecular weight is 510 g/mol. The highest BCUT2D eigenvalue weighted by atomic mass is 32.1. The van der Waals surface area contributed by atoms with Gasteiger partial charge in [-0.15, -0.1) is 11.3 Å². The number of aromatic nitrogens is 2. The summed E-state index contributed by atoms with van der Waals surface area (Å²) in [5, 5.41) is 2.94. The van der Waals surface area contributed by atoms with Crippen molar-refractivity contribution in [1.82, 2.24) is 9.55 Å². The van der Waals surface area contributed by atoms with Gasteiger partial charge < -0.3 is 14.8 Å². The number of benzene rings is 2. The van der Waals surface area contributed by atoms with Gasteiger partial charge in [0.1, 0.15) is 10.6 Å². The molecule has 36 heavy (non-hydrogen) atoms. The van der Waals surface area contributed by atoms with Crippen molar-refractivity contribution in [1.29, 1.82) is 0 Å². The predicted molar refractivity (Wildman–Crippen MR) is 131 cm³/mol. The van der Waals surface area contributed by atoms with Crippen molar-refractivity contribution >= 4 is 45.1 Å². The molecule has 1 N–H and O–H groups in total. The van der Waals surface area contributed by atoms with E-state index in [2.05, 4.69) is 10.3 Å². The van der Waals surface area contributed by atoms with Gasteiger partial charge in [0.05, 0.1) is 48.5 Å². The number of methoxy groups -OCH3 is 2. The van der Waals surface area contributed by atoms with E-state index in [9.17, 15) is 23.6 Å². The van der Waals surface area contributed by atoms with Crippen LogP contribution in [0.2, 0.25) is 0 Å². The molecule has 4 aromatic rings. The van der Waals surface area contributed by atoms with Crippen LogP contribution in [0.5, 0.6) is 0 Å². The van der Waals surface area contributed by atoms with Crippen molar-refractivity contribution in [3.8, 4) is 0 Å². The molecule has 11 heteroatoms. The van der Waals surface area contributed by atoms with Gasteiger partial charge in [-0.3, -0.25) is 14.2 Å². The third kappa shape index (κ3) is 4.86. The summed E-state index contributed by atoms with van der Waals surface area (Å²) in [7, 11) is 2.39. The third-order valence-corrected chi connectivity index (χ3v) is 6.60. The normalized spacial score (nSPS) is 10.8. The average Bonchev–Trinajstić information content (AvgIpc) is 3.21. The molecule has 2 aromatic carbocycles. The second-order valence-electron chi connectivity index (χ2n) is 7.78. The molecule has 184 valence electrons. The van der Waals surface area contributed by atoms with Crippen LogP contribution in [0.25, 0.3) is 10.2 Å². The van der Waals surface area contributed by atoms with E-state index in [1.165, 1.54) is 55.4 Å². The summed E-state index contributed by atoms with van der Waals surface area (Å²) in [6, 6.07) is 9.93. The molecule has 0 atom stereocenters. The van der Waals surface area contributed by atoms with Gasteiger partial charge in [-0.25, -0.2) is 19.0 Å². The maximum absolute atomic E-state index is 13.5. The van der Waals surface area contributed by atoms with Gasteiger partial charge >= 0.3 is 11.9 Å². The minimum atomic E-state index is -0.697. The minimum absolute atomic E-state index is 0.0469. The zero-order valence-electron chi connectivity index (χ0n) is 19.5. The van der Waals surface area contributed by atoms with Crippen LogP contribution in [-0.4, -0.2) is 41.6 Å². The Morgan fingerprint density at radius 1 is 1.06 bits per heavy atom. The zero-order chi connectivity index (χ0) is 26.0. The lowest BCUT2D eigenvalue weighted by Crippen LogP contribution is -2.21. The molecule has 0 radical (unpaired) electrons. The number of halogens is 1. The van der Waals surface area contributed by atoms with Crippen molar-refractivity contribution in [2.45, 2.75) is 13.5 Å². The Hall–Kier alpha value is -4.38. The number of hydrogen-bond acceptors (Lipinski definition) is 8. The van der Waals surface area contributed by atoms with Crippen molar-refractivity contribution in [3.63, 3.8) is 0 Å². The third-order valence-electron chi connectivity index (χ3n) is 5.40. The number of rotatable bonds is 6. The number of aryl methyl sites for hydroxylation is 1. The van der Waals surface area contributed by atoms with Crippen LogP contribution in [0.4, 0.5) is 10.1 Å². The van der Waals surface area contributed by atoms with E-state index < -0.39 is 23.7 Å². The SMILES string of the molecule is COC(=O)c1cc(NC(=O)c2sc3ncn(Cc4cccc(F)c4)c(=O)c3c2C)cc(C(=O)OC)c1. The van der Waals surface area contributed by atoms with E-state index in [-0.39, 0.29) is 39.2 Å². The maximum Gasteiger partial charge on any atom is 0.337 e. The van der Waals surface area contributed by atoms with Crippen molar-refractivity contribution < 1.29 is 28.2 Å². The monoisotopic (exact) mass is 509 g/mol. The summed E-state index contributed by atoms with van der Waals surface area (Å²) in [5.74, 6) is -2.36. The second-order valence-corrected chi connectivity index (χ2v) is 8.78. The number of fused-ring (bicyclic) bond motifs is 1.